The van der Waals surface area contributed by atoms with Crippen LogP contribution in [-0.2, 0) is 6.42 Å². The van der Waals surface area contributed by atoms with E-state index in [0.717, 1.165) is 12.4 Å². The molecule has 0 amide bonds. The van der Waals surface area contributed by atoms with E-state index in [-0.39, 0.29) is 0 Å². The second kappa shape index (κ2) is 22.4. The topological polar surface area (TPSA) is 9.23 Å². The first-order valence-corrected chi connectivity index (χ1v) is 14.9. The summed E-state index contributed by atoms with van der Waals surface area (Å²) in [6.45, 7) is 5.41. The van der Waals surface area contributed by atoms with Crippen molar-refractivity contribution >= 4 is 22.7 Å². The van der Waals surface area contributed by atoms with Gasteiger partial charge < -0.3 is 4.74 Å². The Balaban J connectivity index is 0.000000316. The maximum atomic E-state index is 5.56. The molecule has 0 N–H and O–H groups in total. The summed E-state index contributed by atoms with van der Waals surface area (Å²) in [5, 5.41) is 8.58. The van der Waals surface area contributed by atoms with E-state index >= 15 is 0 Å². The molecule has 0 saturated heterocycles. The zero-order chi connectivity index (χ0) is 22.2. The van der Waals surface area contributed by atoms with Crippen molar-refractivity contribution in [3.05, 3.63) is 39.2 Å². The van der Waals surface area contributed by atoms with Gasteiger partial charge in [0, 0.05) is 5.38 Å². The highest BCUT2D eigenvalue weighted by molar-refractivity contribution is 7.08. The Morgan fingerprint density at radius 2 is 1.10 bits per heavy atom. The van der Waals surface area contributed by atoms with Gasteiger partial charge in [0.05, 0.1) is 6.61 Å². The summed E-state index contributed by atoms with van der Waals surface area (Å²) >= 11 is 3.51. The lowest BCUT2D eigenvalue weighted by molar-refractivity contribution is 0.305. The molecule has 0 aliphatic rings. The van der Waals surface area contributed by atoms with Crippen molar-refractivity contribution in [3.8, 4) is 5.75 Å². The maximum Gasteiger partial charge on any atom is 0.129 e. The van der Waals surface area contributed by atoms with E-state index in [1.165, 1.54) is 115 Å². The van der Waals surface area contributed by atoms with Gasteiger partial charge in [-0.2, -0.15) is 11.3 Å². The minimum Gasteiger partial charge on any atom is -0.493 e. The molecule has 178 valence electrons. The third kappa shape index (κ3) is 18.5. The molecule has 0 spiro atoms. The smallest absolute Gasteiger partial charge is 0.129 e. The highest BCUT2D eigenvalue weighted by Gasteiger charge is 1.95. The lowest BCUT2D eigenvalue weighted by Crippen LogP contribution is -1.95. The van der Waals surface area contributed by atoms with E-state index in [2.05, 4.69) is 41.4 Å². The molecule has 0 fully saturated rings. The molecule has 0 atom stereocenters. The van der Waals surface area contributed by atoms with Crippen molar-refractivity contribution in [1.82, 2.24) is 0 Å². The van der Waals surface area contributed by atoms with Crippen LogP contribution in [0.4, 0.5) is 0 Å². The van der Waals surface area contributed by atoms with Crippen molar-refractivity contribution in [2.24, 2.45) is 0 Å². The summed E-state index contributed by atoms with van der Waals surface area (Å²) in [5.74, 6) is 1.03. The van der Waals surface area contributed by atoms with Crippen LogP contribution in [0.3, 0.4) is 0 Å². The van der Waals surface area contributed by atoms with Gasteiger partial charge in [-0.25, -0.2) is 0 Å². The molecule has 0 aromatic carbocycles. The molecule has 0 radical (unpaired) electrons. The first-order chi connectivity index (χ1) is 15.4. The molecule has 1 nitrogen and oxygen atoms in total. The second-order valence-electron chi connectivity index (χ2n) is 8.64. The number of aryl methyl sites for hydroxylation is 1. The van der Waals surface area contributed by atoms with Crippen LogP contribution in [0.5, 0.6) is 5.75 Å². The van der Waals surface area contributed by atoms with E-state index < -0.39 is 0 Å². The van der Waals surface area contributed by atoms with Crippen LogP contribution in [0.1, 0.15) is 122 Å². The minimum absolute atomic E-state index is 0.878. The zero-order valence-corrected chi connectivity index (χ0v) is 22.0. The predicted octanol–water partition coefficient (Wildman–Crippen LogP) is 10.7. The average Bonchev–Trinajstić information content (AvgIpc) is 3.49. The molecular formula is C28H48OS2. The number of rotatable bonds is 19. The van der Waals surface area contributed by atoms with Gasteiger partial charge in [-0.3, -0.25) is 0 Å². The molecule has 0 aliphatic carbocycles. The van der Waals surface area contributed by atoms with Gasteiger partial charge in [-0.1, -0.05) is 104 Å². The quantitative estimate of drug-likeness (QED) is 0.188. The number of ether oxygens (including phenoxy) is 1. The Kier molecular flexibility index (Phi) is 20.4. The predicted molar refractivity (Wildman–Crippen MR) is 143 cm³/mol. The highest BCUT2D eigenvalue weighted by Crippen LogP contribution is 2.16. The van der Waals surface area contributed by atoms with Crippen molar-refractivity contribution in [3.63, 3.8) is 0 Å². The summed E-state index contributed by atoms with van der Waals surface area (Å²) < 4.78 is 5.56. The monoisotopic (exact) mass is 464 g/mol. The summed E-state index contributed by atoms with van der Waals surface area (Å²) in [6.07, 6.45) is 23.6. The van der Waals surface area contributed by atoms with Crippen molar-refractivity contribution in [2.75, 3.05) is 6.61 Å². The van der Waals surface area contributed by atoms with Gasteiger partial charge in [0.15, 0.2) is 0 Å². The van der Waals surface area contributed by atoms with Crippen molar-refractivity contribution < 1.29 is 4.74 Å². The highest BCUT2D eigenvalue weighted by atomic mass is 32.1. The first-order valence-electron chi connectivity index (χ1n) is 13.0. The molecule has 2 rings (SSSR count). The van der Waals surface area contributed by atoms with Crippen LogP contribution in [0.15, 0.2) is 33.7 Å². The average molecular weight is 465 g/mol. The molecule has 0 saturated carbocycles. The minimum atomic E-state index is 0.878. The SMILES string of the molecule is CCCCCCCCCCCCc1ccsc1.CCCCCCCCOc1ccsc1. The Labute approximate surface area is 201 Å². The zero-order valence-electron chi connectivity index (χ0n) is 20.4. The Morgan fingerprint density at radius 1 is 0.581 bits per heavy atom. The summed E-state index contributed by atoms with van der Waals surface area (Å²) in [5.41, 5.74) is 1.54. The van der Waals surface area contributed by atoms with Crippen molar-refractivity contribution in [2.45, 2.75) is 123 Å². The molecule has 0 aliphatic heterocycles. The van der Waals surface area contributed by atoms with Crippen LogP contribution >= 0.6 is 22.7 Å². The van der Waals surface area contributed by atoms with Gasteiger partial charge in [0.1, 0.15) is 5.75 Å². The number of thiophene rings is 2. The molecule has 2 aromatic heterocycles. The van der Waals surface area contributed by atoms with E-state index in [1.807, 2.05) is 17.4 Å². The van der Waals surface area contributed by atoms with Gasteiger partial charge in [-0.15, -0.1) is 11.3 Å². The van der Waals surface area contributed by atoms with Gasteiger partial charge >= 0.3 is 0 Å². The standard InChI is InChI=1S/C16H28S.C12H20OS/c1-2-3-4-5-6-7-8-9-10-11-12-16-13-14-17-15-16;1-2-3-4-5-6-7-9-13-12-8-10-14-11-12/h13-15H,2-12H2,1H3;8,10-11H,2-7,9H2,1H3. The van der Waals surface area contributed by atoms with E-state index in [0.29, 0.717) is 0 Å². The summed E-state index contributed by atoms with van der Waals surface area (Å²) in [6, 6.07) is 4.29. The Hall–Kier alpha value is -0.800. The normalized spacial score (nSPS) is 10.6. The van der Waals surface area contributed by atoms with Crippen LogP contribution < -0.4 is 4.74 Å². The fourth-order valence-electron chi connectivity index (χ4n) is 3.66. The fourth-order valence-corrected chi connectivity index (χ4v) is 4.93. The van der Waals surface area contributed by atoms with Crippen LogP contribution in [-0.4, -0.2) is 6.61 Å². The molecule has 0 bridgehead atoms. The van der Waals surface area contributed by atoms with Crippen molar-refractivity contribution in [1.29, 1.82) is 0 Å². The molecule has 2 heterocycles. The largest absolute Gasteiger partial charge is 0.493 e. The molecule has 31 heavy (non-hydrogen) atoms. The van der Waals surface area contributed by atoms with Gasteiger partial charge in [-0.05, 0) is 53.1 Å². The lowest BCUT2D eigenvalue weighted by atomic mass is 10.0. The van der Waals surface area contributed by atoms with Crippen LogP contribution in [0, 0.1) is 0 Å². The lowest BCUT2D eigenvalue weighted by Gasteiger charge is -2.03. The second-order valence-corrected chi connectivity index (χ2v) is 10.2. The Morgan fingerprint density at radius 3 is 1.61 bits per heavy atom. The third-order valence-corrected chi connectivity index (χ3v) is 7.05. The molecule has 2 aromatic rings. The Bertz CT molecular complexity index is 548. The molecule has 0 unspecified atom stereocenters. The van der Waals surface area contributed by atoms with Crippen LogP contribution in [0.25, 0.3) is 0 Å². The number of hydrogen-bond donors (Lipinski definition) is 0. The van der Waals surface area contributed by atoms with E-state index in [9.17, 15) is 0 Å². The van der Waals surface area contributed by atoms with E-state index in [1.54, 1.807) is 11.3 Å². The number of unbranched alkanes of at least 4 members (excludes halogenated alkanes) is 14. The van der Waals surface area contributed by atoms with Gasteiger partial charge in [0.2, 0.25) is 0 Å². The van der Waals surface area contributed by atoms with E-state index in [4.69, 9.17) is 4.74 Å². The first kappa shape index (κ1) is 28.2. The molecular weight excluding hydrogens is 416 g/mol. The summed E-state index contributed by atoms with van der Waals surface area (Å²) in [7, 11) is 0. The molecule has 3 heteroatoms. The van der Waals surface area contributed by atoms with Gasteiger partial charge in [0.25, 0.3) is 0 Å². The third-order valence-electron chi connectivity index (χ3n) is 5.66. The number of hydrogen-bond acceptors (Lipinski definition) is 3. The fraction of sp³-hybridized carbons (Fsp3) is 0.714. The maximum absolute atomic E-state index is 5.56. The summed E-state index contributed by atoms with van der Waals surface area (Å²) in [4.78, 5) is 0. The van der Waals surface area contributed by atoms with Crippen LogP contribution in [0.2, 0.25) is 0 Å².